The summed E-state index contributed by atoms with van der Waals surface area (Å²) in [6.07, 6.45) is 2.68. The van der Waals surface area contributed by atoms with E-state index < -0.39 is 0 Å². The summed E-state index contributed by atoms with van der Waals surface area (Å²) < 4.78 is 11.4. The maximum absolute atomic E-state index is 6.14. The molecule has 1 heterocycles. The van der Waals surface area contributed by atoms with Crippen molar-refractivity contribution in [1.29, 1.82) is 0 Å². The number of methoxy groups -OCH3 is 1. The molecule has 0 radical (unpaired) electrons. The van der Waals surface area contributed by atoms with Gasteiger partial charge >= 0.3 is 0 Å². The molecule has 2 N–H and O–H groups in total. The van der Waals surface area contributed by atoms with Gasteiger partial charge in [-0.25, -0.2) is 0 Å². The van der Waals surface area contributed by atoms with Gasteiger partial charge in [-0.15, -0.1) is 0 Å². The number of hydrogen-bond acceptors (Lipinski definition) is 4. The van der Waals surface area contributed by atoms with E-state index in [0.29, 0.717) is 6.61 Å². The van der Waals surface area contributed by atoms with Crippen LogP contribution in [-0.4, -0.2) is 12.1 Å². The van der Waals surface area contributed by atoms with Crippen molar-refractivity contribution in [3.63, 3.8) is 0 Å². The minimum absolute atomic E-state index is 0.0159. The first-order valence-corrected chi connectivity index (χ1v) is 7.54. The molecule has 0 spiro atoms. The molecule has 4 heteroatoms. The molecule has 1 aromatic heterocycles. The highest BCUT2D eigenvalue weighted by Gasteiger charge is 2.13. The lowest BCUT2D eigenvalue weighted by Gasteiger charge is -2.17. The highest BCUT2D eigenvalue weighted by molar-refractivity contribution is 5.41. The predicted molar refractivity (Wildman–Crippen MR) is 88.3 cm³/mol. The summed E-state index contributed by atoms with van der Waals surface area (Å²) in [6.45, 7) is 6.45. The Morgan fingerprint density at radius 3 is 2.64 bits per heavy atom. The Bertz CT molecular complexity index is 641. The Balaban J connectivity index is 2.21. The Kier molecular flexibility index (Phi) is 5.39. The molecule has 1 atom stereocenters. The van der Waals surface area contributed by atoms with Gasteiger partial charge in [-0.05, 0) is 26.3 Å². The van der Waals surface area contributed by atoms with Gasteiger partial charge in [0.05, 0.1) is 12.8 Å². The molecule has 0 bridgehead atoms. The molecule has 0 aliphatic heterocycles. The summed E-state index contributed by atoms with van der Waals surface area (Å²) >= 11 is 0. The molecule has 0 saturated heterocycles. The molecule has 0 fully saturated rings. The fraction of sp³-hybridized carbons (Fsp3) is 0.389. The highest BCUT2D eigenvalue weighted by Crippen LogP contribution is 2.28. The number of hydrogen-bond donors (Lipinski definition) is 1. The van der Waals surface area contributed by atoms with E-state index in [0.717, 1.165) is 40.3 Å². The first kappa shape index (κ1) is 16.3. The van der Waals surface area contributed by atoms with E-state index in [1.807, 2.05) is 44.3 Å². The Morgan fingerprint density at radius 1 is 1.23 bits per heavy atom. The predicted octanol–water partition coefficient (Wildman–Crippen LogP) is 3.70. The lowest BCUT2D eigenvalue weighted by Crippen LogP contribution is -2.11. The number of benzene rings is 1. The summed E-state index contributed by atoms with van der Waals surface area (Å²) in [7, 11) is 1.68. The van der Waals surface area contributed by atoms with Gasteiger partial charge in [0.25, 0.3) is 0 Å². The summed E-state index contributed by atoms with van der Waals surface area (Å²) in [5.74, 6) is 1.68. The zero-order valence-corrected chi connectivity index (χ0v) is 13.7. The molecule has 2 aromatic rings. The minimum atomic E-state index is -0.0159. The van der Waals surface area contributed by atoms with Crippen LogP contribution in [0.1, 0.15) is 41.8 Å². The van der Waals surface area contributed by atoms with Crippen molar-refractivity contribution >= 4 is 0 Å². The quantitative estimate of drug-likeness (QED) is 0.884. The molecule has 1 unspecified atom stereocenters. The number of nitrogens with two attached hydrogens (primary N) is 1. The monoisotopic (exact) mass is 300 g/mol. The number of para-hydroxylation sites is 1. The third kappa shape index (κ3) is 3.39. The number of pyridine rings is 1. The van der Waals surface area contributed by atoms with Gasteiger partial charge in [0, 0.05) is 28.9 Å². The van der Waals surface area contributed by atoms with Crippen molar-refractivity contribution in [3.05, 3.63) is 52.8 Å². The fourth-order valence-electron chi connectivity index (χ4n) is 2.50. The standard InChI is InChI=1S/C18H24N2O2/c1-5-15(19)14-8-6-7-9-17(14)22-11-16-13(3)18(21-4)12(2)10-20-16/h6-10,15H,5,11,19H2,1-4H3. The average molecular weight is 300 g/mol. The van der Waals surface area contributed by atoms with Crippen molar-refractivity contribution in [3.8, 4) is 11.5 Å². The molecule has 0 saturated carbocycles. The number of aryl methyl sites for hydroxylation is 1. The summed E-state index contributed by atoms with van der Waals surface area (Å²) in [6, 6.07) is 7.89. The van der Waals surface area contributed by atoms with Crippen LogP contribution in [-0.2, 0) is 6.61 Å². The first-order valence-electron chi connectivity index (χ1n) is 7.54. The second-order valence-electron chi connectivity index (χ2n) is 5.39. The normalized spacial score (nSPS) is 12.0. The van der Waals surface area contributed by atoms with Crippen LogP contribution in [0.2, 0.25) is 0 Å². The van der Waals surface area contributed by atoms with E-state index in [9.17, 15) is 0 Å². The van der Waals surface area contributed by atoms with Crippen LogP contribution in [0.3, 0.4) is 0 Å². The highest BCUT2D eigenvalue weighted by atomic mass is 16.5. The van der Waals surface area contributed by atoms with Gasteiger partial charge in [0.15, 0.2) is 0 Å². The minimum Gasteiger partial charge on any atom is -0.496 e. The van der Waals surface area contributed by atoms with Crippen LogP contribution in [0.25, 0.3) is 0 Å². The molecule has 4 nitrogen and oxygen atoms in total. The Hall–Kier alpha value is -2.07. The molecular formula is C18H24N2O2. The third-order valence-corrected chi connectivity index (χ3v) is 3.87. The van der Waals surface area contributed by atoms with E-state index in [1.165, 1.54) is 0 Å². The second-order valence-corrected chi connectivity index (χ2v) is 5.39. The van der Waals surface area contributed by atoms with Crippen LogP contribution in [0, 0.1) is 13.8 Å². The molecule has 1 aromatic carbocycles. The molecule has 0 aliphatic carbocycles. The fourth-order valence-corrected chi connectivity index (χ4v) is 2.50. The van der Waals surface area contributed by atoms with Crippen molar-refractivity contribution in [1.82, 2.24) is 4.98 Å². The molecule has 118 valence electrons. The summed E-state index contributed by atoms with van der Waals surface area (Å²) in [5.41, 5.74) is 10.1. The Morgan fingerprint density at radius 2 is 1.95 bits per heavy atom. The van der Waals surface area contributed by atoms with Gasteiger partial charge in [0.2, 0.25) is 0 Å². The van der Waals surface area contributed by atoms with Gasteiger partial charge < -0.3 is 15.2 Å². The van der Waals surface area contributed by atoms with Crippen molar-refractivity contribution < 1.29 is 9.47 Å². The number of rotatable bonds is 6. The topological polar surface area (TPSA) is 57.4 Å². The van der Waals surface area contributed by atoms with Gasteiger partial charge in [0.1, 0.15) is 18.1 Å². The Labute approximate surface area is 132 Å². The van der Waals surface area contributed by atoms with E-state index >= 15 is 0 Å². The molecule has 0 aliphatic rings. The van der Waals surface area contributed by atoms with E-state index in [1.54, 1.807) is 7.11 Å². The van der Waals surface area contributed by atoms with E-state index in [2.05, 4.69) is 11.9 Å². The molecule has 2 rings (SSSR count). The molecule has 0 amide bonds. The smallest absolute Gasteiger partial charge is 0.131 e. The third-order valence-electron chi connectivity index (χ3n) is 3.87. The average Bonchev–Trinajstić information content (AvgIpc) is 2.54. The maximum atomic E-state index is 6.14. The van der Waals surface area contributed by atoms with E-state index in [4.69, 9.17) is 15.2 Å². The molecular weight excluding hydrogens is 276 g/mol. The maximum Gasteiger partial charge on any atom is 0.131 e. The van der Waals surface area contributed by atoms with Crippen LogP contribution in [0.4, 0.5) is 0 Å². The number of nitrogens with zero attached hydrogens (tertiary/aromatic N) is 1. The summed E-state index contributed by atoms with van der Waals surface area (Å²) in [5, 5.41) is 0. The summed E-state index contributed by atoms with van der Waals surface area (Å²) in [4.78, 5) is 4.46. The zero-order valence-electron chi connectivity index (χ0n) is 13.7. The number of ether oxygens (including phenoxy) is 2. The van der Waals surface area contributed by atoms with Crippen LogP contribution >= 0.6 is 0 Å². The van der Waals surface area contributed by atoms with Crippen LogP contribution < -0.4 is 15.2 Å². The zero-order chi connectivity index (χ0) is 16.1. The second kappa shape index (κ2) is 7.27. The van der Waals surface area contributed by atoms with Crippen LogP contribution in [0.15, 0.2) is 30.5 Å². The van der Waals surface area contributed by atoms with Gasteiger partial charge in [-0.1, -0.05) is 25.1 Å². The number of aromatic nitrogens is 1. The van der Waals surface area contributed by atoms with Crippen molar-refractivity contribution in [2.75, 3.05) is 7.11 Å². The van der Waals surface area contributed by atoms with Crippen LogP contribution in [0.5, 0.6) is 11.5 Å². The van der Waals surface area contributed by atoms with Gasteiger partial charge in [-0.3, -0.25) is 4.98 Å². The van der Waals surface area contributed by atoms with E-state index in [-0.39, 0.29) is 6.04 Å². The molecule has 22 heavy (non-hydrogen) atoms. The van der Waals surface area contributed by atoms with Crippen molar-refractivity contribution in [2.45, 2.75) is 39.8 Å². The lowest BCUT2D eigenvalue weighted by molar-refractivity contribution is 0.293. The lowest BCUT2D eigenvalue weighted by atomic mass is 10.0. The largest absolute Gasteiger partial charge is 0.496 e. The SMILES string of the molecule is CCC(N)c1ccccc1OCc1ncc(C)c(OC)c1C. The van der Waals surface area contributed by atoms with Crippen molar-refractivity contribution in [2.24, 2.45) is 5.73 Å². The first-order chi connectivity index (χ1) is 10.6. The van der Waals surface area contributed by atoms with Gasteiger partial charge in [-0.2, -0.15) is 0 Å².